The van der Waals surface area contributed by atoms with Crippen LogP contribution < -0.4 is 4.74 Å². The molecule has 0 atom stereocenters. The van der Waals surface area contributed by atoms with Gasteiger partial charge in [0, 0.05) is 0 Å². The third kappa shape index (κ3) is 6.53. The molecule has 0 fully saturated rings. The lowest BCUT2D eigenvalue weighted by Gasteiger charge is -2.07. The summed E-state index contributed by atoms with van der Waals surface area (Å²) in [6.07, 6.45) is 11.9. The highest BCUT2D eigenvalue weighted by Gasteiger charge is 2.05. The summed E-state index contributed by atoms with van der Waals surface area (Å²) in [6.45, 7) is 2.26. The van der Waals surface area contributed by atoms with Crippen LogP contribution in [0.15, 0.2) is 42.5 Å². The smallest absolute Gasteiger partial charge is 0.165 e. The molecule has 25 heavy (non-hydrogen) atoms. The van der Waals surface area contributed by atoms with Crippen LogP contribution in [0.1, 0.15) is 63.9 Å². The van der Waals surface area contributed by atoms with E-state index in [1.807, 2.05) is 6.07 Å². The van der Waals surface area contributed by atoms with Crippen LogP contribution in [0.4, 0.5) is 4.39 Å². The Morgan fingerprint density at radius 3 is 1.96 bits per heavy atom. The lowest BCUT2D eigenvalue weighted by atomic mass is 10.0. The van der Waals surface area contributed by atoms with Gasteiger partial charge in [-0.05, 0) is 41.7 Å². The fourth-order valence-electron chi connectivity index (χ4n) is 3.17. The largest absolute Gasteiger partial charge is 0.494 e. The van der Waals surface area contributed by atoms with Crippen molar-refractivity contribution in [3.8, 4) is 16.9 Å². The van der Waals surface area contributed by atoms with Crippen LogP contribution in [-0.2, 0) is 6.42 Å². The predicted octanol–water partition coefficient (Wildman–Crippen LogP) is 7.18. The topological polar surface area (TPSA) is 9.23 Å². The van der Waals surface area contributed by atoms with E-state index in [0.717, 1.165) is 17.5 Å². The second kappa shape index (κ2) is 10.9. The maximum atomic E-state index is 13.8. The highest BCUT2D eigenvalue weighted by molar-refractivity contribution is 5.64. The zero-order valence-corrected chi connectivity index (χ0v) is 15.7. The van der Waals surface area contributed by atoms with Crippen LogP contribution >= 0.6 is 0 Å². The fourth-order valence-corrected chi connectivity index (χ4v) is 3.17. The Hall–Kier alpha value is -1.83. The minimum absolute atomic E-state index is 0.287. The molecule has 0 N–H and O–H groups in total. The van der Waals surface area contributed by atoms with Crippen LogP contribution in [0.2, 0.25) is 0 Å². The number of unbranched alkanes of at least 4 members (excludes halogenated alkanes) is 7. The van der Waals surface area contributed by atoms with E-state index in [4.69, 9.17) is 4.74 Å². The average Bonchev–Trinajstić information content (AvgIpc) is 2.64. The molecule has 2 aromatic rings. The van der Waals surface area contributed by atoms with E-state index < -0.39 is 0 Å². The summed E-state index contributed by atoms with van der Waals surface area (Å²) >= 11 is 0. The molecule has 0 heterocycles. The van der Waals surface area contributed by atoms with Gasteiger partial charge in [-0.1, -0.05) is 82.2 Å². The van der Waals surface area contributed by atoms with Crippen molar-refractivity contribution in [2.45, 2.75) is 64.7 Å². The summed E-state index contributed by atoms with van der Waals surface area (Å²) in [7, 11) is 1.48. The van der Waals surface area contributed by atoms with Gasteiger partial charge in [0.15, 0.2) is 11.6 Å². The third-order valence-electron chi connectivity index (χ3n) is 4.76. The monoisotopic (exact) mass is 342 g/mol. The molecule has 136 valence electrons. The van der Waals surface area contributed by atoms with Crippen LogP contribution in [0.3, 0.4) is 0 Å². The second-order valence-electron chi connectivity index (χ2n) is 6.77. The van der Waals surface area contributed by atoms with Gasteiger partial charge in [0.25, 0.3) is 0 Å². The van der Waals surface area contributed by atoms with Crippen LogP contribution in [-0.4, -0.2) is 7.11 Å². The number of rotatable bonds is 11. The molecule has 2 aromatic carbocycles. The number of halogens is 1. The van der Waals surface area contributed by atoms with Gasteiger partial charge in [-0.3, -0.25) is 0 Å². The standard InChI is InChI=1S/C23H31FO/c1-3-4-5-6-7-8-9-10-11-19-12-14-20(15-13-19)21-16-17-23(25-2)22(24)18-21/h12-18H,3-11H2,1-2H3. The molecule has 0 aliphatic rings. The lowest BCUT2D eigenvalue weighted by Crippen LogP contribution is -1.89. The Balaban J connectivity index is 1.75. The molecule has 0 bridgehead atoms. The lowest BCUT2D eigenvalue weighted by molar-refractivity contribution is 0.386. The van der Waals surface area contributed by atoms with Crippen molar-refractivity contribution >= 4 is 0 Å². The van der Waals surface area contributed by atoms with Crippen LogP contribution in [0.25, 0.3) is 11.1 Å². The summed E-state index contributed by atoms with van der Waals surface area (Å²) in [5.74, 6) is -0.0296. The Morgan fingerprint density at radius 2 is 1.36 bits per heavy atom. The van der Waals surface area contributed by atoms with Crippen molar-refractivity contribution in [3.05, 3.63) is 53.8 Å². The molecule has 0 amide bonds. The van der Waals surface area contributed by atoms with Crippen molar-refractivity contribution in [3.63, 3.8) is 0 Å². The highest BCUT2D eigenvalue weighted by atomic mass is 19.1. The second-order valence-corrected chi connectivity index (χ2v) is 6.77. The molecule has 0 aromatic heterocycles. The Labute approximate surface area is 152 Å². The number of ether oxygens (including phenoxy) is 1. The molecule has 0 spiro atoms. The van der Waals surface area contributed by atoms with Gasteiger partial charge >= 0.3 is 0 Å². The maximum Gasteiger partial charge on any atom is 0.165 e. The van der Waals surface area contributed by atoms with E-state index in [9.17, 15) is 4.39 Å². The van der Waals surface area contributed by atoms with Gasteiger partial charge in [-0.15, -0.1) is 0 Å². The van der Waals surface area contributed by atoms with Crippen molar-refractivity contribution in [1.29, 1.82) is 0 Å². The van der Waals surface area contributed by atoms with Gasteiger partial charge in [-0.25, -0.2) is 4.39 Å². The molecule has 0 radical (unpaired) electrons. The first-order valence-corrected chi connectivity index (χ1v) is 9.67. The van der Waals surface area contributed by atoms with Gasteiger partial charge in [-0.2, -0.15) is 0 Å². The van der Waals surface area contributed by atoms with Crippen LogP contribution in [0, 0.1) is 5.82 Å². The van der Waals surface area contributed by atoms with Crippen LogP contribution in [0.5, 0.6) is 5.75 Å². The SMILES string of the molecule is CCCCCCCCCCc1ccc(-c2ccc(OC)c(F)c2)cc1. The third-order valence-corrected chi connectivity index (χ3v) is 4.76. The van der Waals surface area contributed by atoms with Gasteiger partial charge in [0.1, 0.15) is 0 Å². The van der Waals surface area contributed by atoms with E-state index in [0.29, 0.717) is 0 Å². The van der Waals surface area contributed by atoms with E-state index >= 15 is 0 Å². The van der Waals surface area contributed by atoms with E-state index in [-0.39, 0.29) is 11.6 Å². The quantitative estimate of drug-likeness (QED) is 0.393. The predicted molar refractivity (Wildman–Crippen MR) is 105 cm³/mol. The first-order chi connectivity index (χ1) is 12.2. The fraction of sp³-hybridized carbons (Fsp3) is 0.478. The summed E-state index contributed by atoms with van der Waals surface area (Å²) in [6, 6.07) is 13.6. The molecule has 2 rings (SSSR count). The van der Waals surface area contributed by atoms with Gasteiger partial charge in [0.05, 0.1) is 7.11 Å². The number of aryl methyl sites for hydroxylation is 1. The molecular formula is C23H31FO. The van der Waals surface area contributed by atoms with Gasteiger partial charge in [0.2, 0.25) is 0 Å². The van der Waals surface area contributed by atoms with Crippen molar-refractivity contribution in [2.75, 3.05) is 7.11 Å². The Kier molecular flexibility index (Phi) is 8.51. The Morgan fingerprint density at radius 1 is 0.760 bits per heavy atom. The zero-order valence-electron chi connectivity index (χ0n) is 15.7. The average molecular weight is 342 g/mol. The summed E-state index contributed by atoms with van der Waals surface area (Å²) in [4.78, 5) is 0. The minimum Gasteiger partial charge on any atom is -0.494 e. The molecule has 2 heteroatoms. The number of hydrogen-bond donors (Lipinski definition) is 0. The zero-order chi connectivity index (χ0) is 17.9. The van der Waals surface area contributed by atoms with E-state index in [2.05, 4.69) is 31.2 Å². The summed E-state index contributed by atoms with van der Waals surface area (Å²) < 4.78 is 18.8. The number of methoxy groups -OCH3 is 1. The highest BCUT2D eigenvalue weighted by Crippen LogP contribution is 2.26. The maximum absolute atomic E-state index is 13.8. The molecule has 1 nitrogen and oxygen atoms in total. The number of benzene rings is 2. The first-order valence-electron chi connectivity index (χ1n) is 9.67. The van der Waals surface area contributed by atoms with Crippen molar-refractivity contribution in [2.24, 2.45) is 0 Å². The molecule has 0 aliphatic heterocycles. The molecular weight excluding hydrogens is 311 g/mol. The molecule has 0 saturated carbocycles. The number of hydrogen-bond acceptors (Lipinski definition) is 1. The molecule has 0 aliphatic carbocycles. The molecule has 0 saturated heterocycles. The minimum atomic E-state index is -0.317. The van der Waals surface area contributed by atoms with E-state index in [1.54, 1.807) is 6.07 Å². The van der Waals surface area contributed by atoms with Gasteiger partial charge < -0.3 is 4.74 Å². The van der Waals surface area contributed by atoms with Crippen molar-refractivity contribution in [1.82, 2.24) is 0 Å². The normalized spacial score (nSPS) is 10.8. The summed E-state index contributed by atoms with van der Waals surface area (Å²) in [5, 5.41) is 0. The molecule has 0 unspecified atom stereocenters. The Bertz CT molecular complexity index is 618. The van der Waals surface area contributed by atoms with Crippen molar-refractivity contribution < 1.29 is 9.13 Å². The van der Waals surface area contributed by atoms with E-state index in [1.165, 1.54) is 70.1 Å². The first kappa shape index (κ1) is 19.5. The summed E-state index contributed by atoms with van der Waals surface area (Å²) in [5.41, 5.74) is 3.29.